The van der Waals surface area contributed by atoms with Crippen LogP contribution in [-0.4, -0.2) is 39.2 Å². The summed E-state index contributed by atoms with van der Waals surface area (Å²) in [6, 6.07) is 3.15. The molecule has 106 valence electrons. The SMILES string of the molecule is CNc1ccc(S(=O)(=O)NCC2(C)CCCO2)cn1. The molecule has 2 N–H and O–H groups in total. The maximum atomic E-state index is 12.1. The summed E-state index contributed by atoms with van der Waals surface area (Å²) in [6.07, 6.45) is 3.18. The molecule has 0 amide bonds. The minimum Gasteiger partial charge on any atom is -0.374 e. The predicted molar refractivity (Wildman–Crippen MR) is 72.6 cm³/mol. The molecule has 6 nitrogen and oxygen atoms in total. The molecule has 1 fully saturated rings. The Morgan fingerprint density at radius 1 is 1.47 bits per heavy atom. The van der Waals surface area contributed by atoms with Crippen molar-refractivity contribution in [1.82, 2.24) is 9.71 Å². The highest BCUT2D eigenvalue weighted by molar-refractivity contribution is 7.89. The highest BCUT2D eigenvalue weighted by Crippen LogP contribution is 2.24. The van der Waals surface area contributed by atoms with Crippen LogP contribution in [0.5, 0.6) is 0 Å². The number of anilines is 1. The quantitative estimate of drug-likeness (QED) is 0.842. The van der Waals surface area contributed by atoms with E-state index in [0.717, 1.165) is 12.8 Å². The van der Waals surface area contributed by atoms with Gasteiger partial charge in [0.15, 0.2) is 0 Å². The van der Waals surface area contributed by atoms with Gasteiger partial charge in [-0.1, -0.05) is 0 Å². The molecule has 2 rings (SSSR count). The zero-order chi connectivity index (χ0) is 13.9. The van der Waals surface area contributed by atoms with Crippen LogP contribution in [0.1, 0.15) is 19.8 Å². The van der Waals surface area contributed by atoms with Gasteiger partial charge in [0.25, 0.3) is 0 Å². The van der Waals surface area contributed by atoms with Gasteiger partial charge in [0, 0.05) is 26.4 Å². The van der Waals surface area contributed by atoms with Crippen LogP contribution >= 0.6 is 0 Å². The summed E-state index contributed by atoms with van der Waals surface area (Å²) in [5, 5.41) is 2.84. The van der Waals surface area contributed by atoms with Gasteiger partial charge in [-0.2, -0.15) is 0 Å². The van der Waals surface area contributed by atoms with E-state index in [1.165, 1.54) is 12.3 Å². The number of sulfonamides is 1. The maximum absolute atomic E-state index is 12.1. The fourth-order valence-corrected chi connectivity index (χ4v) is 3.10. The number of hydrogen-bond acceptors (Lipinski definition) is 5. The molecule has 1 aliphatic rings. The molecular weight excluding hydrogens is 266 g/mol. The zero-order valence-corrected chi connectivity index (χ0v) is 12.0. The van der Waals surface area contributed by atoms with E-state index < -0.39 is 15.6 Å². The fraction of sp³-hybridized carbons (Fsp3) is 0.583. The Kier molecular flexibility index (Phi) is 4.07. The van der Waals surface area contributed by atoms with Crippen molar-refractivity contribution >= 4 is 15.8 Å². The molecule has 2 heterocycles. The second kappa shape index (κ2) is 5.44. The van der Waals surface area contributed by atoms with E-state index in [0.29, 0.717) is 12.4 Å². The first-order valence-electron chi connectivity index (χ1n) is 6.23. The van der Waals surface area contributed by atoms with Crippen molar-refractivity contribution in [1.29, 1.82) is 0 Å². The van der Waals surface area contributed by atoms with Crippen LogP contribution in [0.25, 0.3) is 0 Å². The third kappa shape index (κ3) is 3.43. The molecule has 1 aromatic rings. The molecule has 19 heavy (non-hydrogen) atoms. The van der Waals surface area contributed by atoms with Gasteiger partial charge in [0.1, 0.15) is 10.7 Å². The number of hydrogen-bond donors (Lipinski definition) is 2. The maximum Gasteiger partial charge on any atom is 0.242 e. The summed E-state index contributed by atoms with van der Waals surface area (Å²) in [6.45, 7) is 2.89. The minimum atomic E-state index is -3.53. The Hall–Kier alpha value is -1.18. The van der Waals surface area contributed by atoms with Gasteiger partial charge in [0.2, 0.25) is 10.0 Å². The average molecular weight is 285 g/mol. The summed E-state index contributed by atoms with van der Waals surface area (Å²) in [4.78, 5) is 4.16. The molecule has 7 heteroatoms. The molecule has 0 radical (unpaired) electrons. The Bertz CT molecular complexity index is 522. The number of aromatic nitrogens is 1. The number of rotatable bonds is 5. The smallest absolute Gasteiger partial charge is 0.242 e. The molecule has 1 saturated heterocycles. The van der Waals surface area contributed by atoms with Gasteiger partial charge >= 0.3 is 0 Å². The summed E-state index contributed by atoms with van der Waals surface area (Å²) in [5.74, 6) is 0.630. The number of nitrogens with one attached hydrogen (secondary N) is 2. The van der Waals surface area contributed by atoms with Crippen molar-refractivity contribution < 1.29 is 13.2 Å². The monoisotopic (exact) mass is 285 g/mol. The van der Waals surface area contributed by atoms with E-state index in [-0.39, 0.29) is 11.4 Å². The van der Waals surface area contributed by atoms with Crippen LogP contribution in [0.15, 0.2) is 23.2 Å². The van der Waals surface area contributed by atoms with Crippen molar-refractivity contribution in [2.24, 2.45) is 0 Å². The Labute approximate surface area is 113 Å². The molecule has 1 unspecified atom stereocenters. The second-order valence-electron chi connectivity index (χ2n) is 4.86. The third-order valence-electron chi connectivity index (χ3n) is 3.24. The molecule has 0 bridgehead atoms. The van der Waals surface area contributed by atoms with E-state index in [4.69, 9.17) is 4.74 Å². The Morgan fingerprint density at radius 2 is 2.26 bits per heavy atom. The lowest BCUT2D eigenvalue weighted by Gasteiger charge is -2.23. The lowest BCUT2D eigenvalue weighted by molar-refractivity contribution is 0.0250. The number of pyridine rings is 1. The zero-order valence-electron chi connectivity index (χ0n) is 11.1. The van der Waals surface area contributed by atoms with E-state index in [1.807, 2.05) is 6.92 Å². The lowest BCUT2D eigenvalue weighted by atomic mass is 10.0. The van der Waals surface area contributed by atoms with Crippen molar-refractivity contribution in [2.45, 2.75) is 30.3 Å². The summed E-state index contributed by atoms with van der Waals surface area (Å²) >= 11 is 0. The second-order valence-corrected chi connectivity index (χ2v) is 6.62. The topological polar surface area (TPSA) is 80.3 Å². The average Bonchev–Trinajstić information content (AvgIpc) is 2.84. The Balaban J connectivity index is 2.05. The van der Waals surface area contributed by atoms with Gasteiger partial charge in [-0.3, -0.25) is 0 Å². The number of ether oxygens (including phenoxy) is 1. The molecule has 0 saturated carbocycles. The fourth-order valence-electron chi connectivity index (χ4n) is 1.99. The van der Waals surface area contributed by atoms with Gasteiger partial charge in [-0.25, -0.2) is 18.1 Å². The largest absolute Gasteiger partial charge is 0.374 e. The van der Waals surface area contributed by atoms with Crippen molar-refractivity contribution in [3.8, 4) is 0 Å². The summed E-state index contributed by atoms with van der Waals surface area (Å²) in [7, 11) is -1.80. The summed E-state index contributed by atoms with van der Waals surface area (Å²) < 4.78 is 32.3. The molecule has 1 aromatic heterocycles. The number of nitrogens with zero attached hydrogens (tertiary/aromatic N) is 1. The van der Waals surface area contributed by atoms with Crippen LogP contribution in [0.3, 0.4) is 0 Å². The van der Waals surface area contributed by atoms with Crippen molar-refractivity contribution in [2.75, 3.05) is 25.5 Å². The van der Waals surface area contributed by atoms with Gasteiger partial charge in [-0.15, -0.1) is 0 Å². The Morgan fingerprint density at radius 3 is 2.79 bits per heavy atom. The first kappa shape index (κ1) is 14.2. The lowest BCUT2D eigenvalue weighted by Crippen LogP contribution is -2.40. The third-order valence-corrected chi connectivity index (χ3v) is 4.63. The van der Waals surface area contributed by atoms with Gasteiger partial charge in [-0.05, 0) is 31.9 Å². The van der Waals surface area contributed by atoms with E-state index in [1.54, 1.807) is 13.1 Å². The van der Waals surface area contributed by atoms with E-state index >= 15 is 0 Å². The minimum absolute atomic E-state index is 0.160. The standard InChI is InChI=1S/C12H19N3O3S/c1-12(6-3-7-18-12)9-15-19(16,17)10-4-5-11(13-2)14-8-10/h4-5,8,15H,3,6-7,9H2,1-2H3,(H,13,14). The van der Waals surface area contributed by atoms with Crippen LogP contribution in [-0.2, 0) is 14.8 Å². The molecule has 1 aliphatic heterocycles. The van der Waals surface area contributed by atoms with E-state index in [9.17, 15) is 8.42 Å². The normalized spacial score (nSPS) is 23.5. The predicted octanol–water partition coefficient (Wildman–Crippen LogP) is 0.971. The molecule has 1 atom stereocenters. The first-order chi connectivity index (χ1) is 8.95. The van der Waals surface area contributed by atoms with E-state index in [2.05, 4.69) is 15.0 Å². The van der Waals surface area contributed by atoms with Crippen LogP contribution in [0, 0.1) is 0 Å². The molecular formula is C12H19N3O3S. The van der Waals surface area contributed by atoms with Crippen LogP contribution in [0.2, 0.25) is 0 Å². The van der Waals surface area contributed by atoms with Gasteiger partial charge in [0.05, 0.1) is 5.60 Å². The molecule has 0 aliphatic carbocycles. The molecule has 0 aromatic carbocycles. The summed E-state index contributed by atoms with van der Waals surface area (Å²) in [5.41, 5.74) is -0.397. The highest BCUT2D eigenvalue weighted by Gasteiger charge is 2.31. The first-order valence-corrected chi connectivity index (χ1v) is 7.71. The molecule has 0 spiro atoms. The van der Waals surface area contributed by atoms with Crippen molar-refractivity contribution in [3.63, 3.8) is 0 Å². The van der Waals surface area contributed by atoms with Gasteiger partial charge < -0.3 is 10.1 Å². The van der Waals surface area contributed by atoms with Crippen LogP contribution in [0.4, 0.5) is 5.82 Å². The van der Waals surface area contributed by atoms with Crippen molar-refractivity contribution in [3.05, 3.63) is 18.3 Å². The van der Waals surface area contributed by atoms with Crippen LogP contribution < -0.4 is 10.0 Å². The highest BCUT2D eigenvalue weighted by atomic mass is 32.2.